The van der Waals surface area contributed by atoms with Gasteiger partial charge in [-0.1, -0.05) is 42.5 Å². The Labute approximate surface area is 213 Å². The van der Waals surface area contributed by atoms with Gasteiger partial charge in [0.05, 0.1) is 29.4 Å². The van der Waals surface area contributed by atoms with Crippen LogP contribution in [0, 0.1) is 11.6 Å². The zero-order valence-corrected chi connectivity index (χ0v) is 21.0. The second-order valence-corrected chi connectivity index (χ2v) is 11.6. The van der Waals surface area contributed by atoms with Crippen LogP contribution >= 0.6 is 0 Å². The van der Waals surface area contributed by atoms with Crippen molar-refractivity contribution >= 4 is 31.7 Å². The van der Waals surface area contributed by atoms with E-state index in [1.165, 1.54) is 17.1 Å². The third-order valence-corrected chi connectivity index (χ3v) is 7.58. The second kappa shape index (κ2) is 10.7. The van der Waals surface area contributed by atoms with Crippen LogP contribution in [-0.4, -0.2) is 52.4 Å². The lowest BCUT2D eigenvalue weighted by Gasteiger charge is -2.20. The SMILES string of the molecule is NS(=O)(=O)CCN=C(NS(=O)(=O)c1ccc(F)cc1)N1C[C@H](c2ccccc2)C(c2ccc(F)cc2)=N1. The van der Waals surface area contributed by atoms with E-state index in [4.69, 9.17) is 5.14 Å². The van der Waals surface area contributed by atoms with Crippen LogP contribution in [0.5, 0.6) is 0 Å². The lowest BCUT2D eigenvalue weighted by atomic mass is 9.91. The standard InChI is InChI=1S/C24H23F2N5O4S2/c25-19-8-6-18(7-9-19)23-22(17-4-2-1-3-5-17)16-31(29-23)24(28-14-15-36(27,32)33)30-37(34,35)21-12-10-20(26)11-13-21/h1-13,22H,14-16H2,(H,28,30)(H2,27,32,33)/t22-/m1/s1. The van der Waals surface area contributed by atoms with Crippen LogP contribution in [-0.2, 0) is 20.0 Å². The molecule has 194 valence electrons. The van der Waals surface area contributed by atoms with Crippen molar-refractivity contribution in [1.82, 2.24) is 9.73 Å². The van der Waals surface area contributed by atoms with Crippen LogP contribution in [0.4, 0.5) is 8.78 Å². The topological polar surface area (TPSA) is 134 Å². The van der Waals surface area contributed by atoms with Crippen LogP contribution in [0.15, 0.2) is 93.9 Å². The first-order valence-corrected chi connectivity index (χ1v) is 14.2. The molecule has 9 nitrogen and oxygen atoms in total. The number of aliphatic imine (C=N–C) groups is 1. The number of hydrogen-bond acceptors (Lipinski definition) is 6. The molecule has 1 heterocycles. The minimum atomic E-state index is -4.24. The Morgan fingerprint density at radius 2 is 1.54 bits per heavy atom. The summed E-state index contributed by atoms with van der Waals surface area (Å²) in [4.78, 5) is 3.91. The molecule has 13 heteroatoms. The van der Waals surface area contributed by atoms with Crippen molar-refractivity contribution in [3.8, 4) is 0 Å². The molecule has 0 radical (unpaired) electrons. The van der Waals surface area contributed by atoms with E-state index in [2.05, 4.69) is 14.8 Å². The fourth-order valence-corrected chi connectivity index (χ4v) is 5.07. The summed E-state index contributed by atoms with van der Waals surface area (Å²) in [7, 11) is -8.11. The summed E-state index contributed by atoms with van der Waals surface area (Å²) in [6, 6.07) is 19.2. The molecule has 0 aliphatic carbocycles. The minimum Gasteiger partial charge on any atom is -0.250 e. The van der Waals surface area contributed by atoms with Crippen LogP contribution < -0.4 is 9.86 Å². The number of guanidine groups is 1. The highest BCUT2D eigenvalue weighted by atomic mass is 32.2. The molecule has 0 amide bonds. The summed E-state index contributed by atoms with van der Waals surface area (Å²) in [5.41, 5.74) is 2.02. The molecule has 4 rings (SSSR count). The monoisotopic (exact) mass is 547 g/mol. The quantitative estimate of drug-likeness (QED) is 0.346. The second-order valence-electron chi connectivity index (χ2n) is 8.17. The number of sulfonamides is 2. The molecular weight excluding hydrogens is 524 g/mol. The Bertz CT molecular complexity index is 1530. The average Bonchev–Trinajstić information content (AvgIpc) is 3.29. The van der Waals surface area contributed by atoms with Gasteiger partial charge in [0.2, 0.25) is 16.0 Å². The van der Waals surface area contributed by atoms with E-state index in [-0.39, 0.29) is 29.9 Å². The van der Waals surface area contributed by atoms with Gasteiger partial charge in [0.1, 0.15) is 11.6 Å². The van der Waals surface area contributed by atoms with Gasteiger partial charge in [0, 0.05) is 5.92 Å². The lowest BCUT2D eigenvalue weighted by Crippen LogP contribution is -2.41. The highest BCUT2D eigenvalue weighted by Gasteiger charge is 2.33. The number of nitrogens with one attached hydrogen (secondary N) is 1. The molecule has 1 atom stereocenters. The predicted octanol–water partition coefficient (Wildman–Crippen LogP) is 2.39. The molecule has 0 fully saturated rings. The molecule has 0 saturated heterocycles. The van der Waals surface area contributed by atoms with E-state index in [9.17, 15) is 25.6 Å². The number of hydrazone groups is 1. The summed E-state index contributed by atoms with van der Waals surface area (Å²) >= 11 is 0. The molecule has 1 aliphatic heterocycles. The maximum Gasteiger partial charge on any atom is 0.264 e. The molecular formula is C24H23F2N5O4S2. The van der Waals surface area contributed by atoms with Gasteiger partial charge in [-0.2, -0.15) is 5.10 Å². The highest BCUT2D eigenvalue weighted by Crippen LogP contribution is 2.29. The smallest absolute Gasteiger partial charge is 0.250 e. The molecule has 0 unspecified atom stereocenters. The van der Waals surface area contributed by atoms with Gasteiger partial charge in [-0.3, -0.25) is 0 Å². The van der Waals surface area contributed by atoms with Crippen molar-refractivity contribution in [2.45, 2.75) is 10.8 Å². The van der Waals surface area contributed by atoms with E-state index < -0.39 is 37.4 Å². The summed E-state index contributed by atoms with van der Waals surface area (Å²) < 4.78 is 78.2. The summed E-state index contributed by atoms with van der Waals surface area (Å²) in [6.45, 7) is -0.190. The number of primary sulfonamides is 1. The number of hydrogen-bond donors (Lipinski definition) is 2. The summed E-state index contributed by atoms with van der Waals surface area (Å²) in [5, 5.41) is 11.0. The normalized spacial score (nSPS) is 16.5. The molecule has 0 aromatic heterocycles. The highest BCUT2D eigenvalue weighted by molar-refractivity contribution is 7.90. The van der Waals surface area contributed by atoms with Gasteiger partial charge in [-0.15, -0.1) is 0 Å². The molecule has 3 aromatic carbocycles. The Balaban J connectivity index is 1.73. The van der Waals surface area contributed by atoms with E-state index in [1.807, 2.05) is 30.3 Å². The predicted molar refractivity (Wildman–Crippen MR) is 136 cm³/mol. The fraction of sp³-hybridized carbons (Fsp3) is 0.167. The minimum absolute atomic E-state index is 0.150. The van der Waals surface area contributed by atoms with Crippen molar-refractivity contribution in [3.63, 3.8) is 0 Å². The van der Waals surface area contributed by atoms with Gasteiger partial charge >= 0.3 is 0 Å². The van der Waals surface area contributed by atoms with Gasteiger partial charge < -0.3 is 0 Å². The zero-order valence-electron chi connectivity index (χ0n) is 19.3. The van der Waals surface area contributed by atoms with Gasteiger partial charge in [0.25, 0.3) is 10.0 Å². The van der Waals surface area contributed by atoms with Crippen molar-refractivity contribution in [3.05, 3.63) is 102 Å². The van der Waals surface area contributed by atoms with Crippen LogP contribution in [0.1, 0.15) is 17.0 Å². The number of benzene rings is 3. The first kappa shape index (κ1) is 26.4. The number of halogens is 2. The van der Waals surface area contributed by atoms with Crippen molar-refractivity contribution in [1.29, 1.82) is 0 Å². The number of rotatable bonds is 7. The first-order chi connectivity index (χ1) is 17.5. The lowest BCUT2D eigenvalue weighted by molar-refractivity contribution is 0.461. The Morgan fingerprint density at radius 3 is 2.14 bits per heavy atom. The molecule has 3 N–H and O–H groups in total. The van der Waals surface area contributed by atoms with Crippen molar-refractivity contribution < 1.29 is 25.6 Å². The van der Waals surface area contributed by atoms with Crippen LogP contribution in [0.2, 0.25) is 0 Å². The van der Waals surface area contributed by atoms with Crippen LogP contribution in [0.25, 0.3) is 0 Å². The Kier molecular flexibility index (Phi) is 7.66. The zero-order chi connectivity index (χ0) is 26.6. The maximum atomic E-state index is 13.6. The van der Waals surface area contributed by atoms with Crippen molar-refractivity contribution in [2.75, 3.05) is 18.8 Å². The molecule has 1 aliphatic rings. The van der Waals surface area contributed by atoms with E-state index in [1.54, 1.807) is 12.1 Å². The number of nitrogens with zero attached hydrogens (tertiary/aromatic N) is 3. The molecule has 3 aromatic rings. The van der Waals surface area contributed by atoms with Crippen molar-refractivity contribution in [2.24, 2.45) is 15.2 Å². The number of nitrogens with two attached hydrogens (primary N) is 1. The van der Waals surface area contributed by atoms with Gasteiger partial charge in [-0.25, -0.2) is 45.5 Å². The third-order valence-electron chi connectivity index (χ3n) is 5.49. The van der Waals surface area contributed by atoms with Gasteiger partial charge in [0.15, 0.2) is 0 Å². The average molecular weight is 548 g/mol. The largest absolute Gasteiger partial charge is 0.264 e. The Hall–Kier alpha value is -3.68. The first-order valence-electron chi connectivity index (χ1n) is 11.0. The molecule has 0 saturated carbocycles. The molecule has 0 bridgehead atoms. The molecule has 0 spiro atoms. The fourth-order valence-electron chi connectivity index (χ4n) is 3.70. The summed E-state index contributed by atoms with van der Waals surface area (Å²) in [5.74, 6) is -2.15. The summed E-state index contributed by atoms with van der Waals surface area (Å²) in [6.07, 6.45) is 0. The maximum absolute atomic E-state index is 13.6. The van der Waals surface area contributed by atoms with E-state index in [0.29, 0.717) is 11.3 Å². The van der Waals surface area contributed by atoms with E-state index in [0.717, 1.165) is 29.8 Å². The third kappa shape index (κ3) is 6.76. The van der Waals surface area contributed by atoms with Crippen LogP contribution in [0.3, 0.4) is 0 Å². The van der Waals surface area contributed by atoms with Gasteiger partial charge in [-0.05, 0) is 47.5 Å². The van der Waals surface area contributed by atoms with E-state index >= 15 is 0 Å². The molecule has 37 heavy (non-hydrogen) atoms. The Morgan fingerprint density at radius 1 is 0.946 bits per heavy atom.